The molecule has 1 aliphatic rings. The van der Waals surface area contributed by atoms with Gasteiger partial charge in [-0.25, -0.2) is 9.48 Å². The molecule has 0 saturated carbocycles. The van der Waals surface area contributed by atoms with E-state index in [0.29, 0.717) is 54.5 Å². The lowest BCUT2D eigenvalue weighted by Gasteiger charge is -2.16. The van der Waals surface area contributed by atoms with Crippen LogP contribution >= 0.6 is 0 Å². The van der Waals surface area contributed by atoms with Crippen LogP contribution in [-0.2, 0) is 20.9 Å². The highest BCUT2D eigenvalue weighted by Crippen LogP contribution is 2.39. The van der Waals surface area contributed by atoms with E-state index >= 15 is 0 Å². The van der Waals surface area contributed by atoms with E-state index in [1.807, 2.05) is 6.20 Å². The number of benzene rings is 1. The molecule has 1 aromatic heterocycles. The van der Waals surface area contributed by atoms with Gasteiger partial charge in [0.1, 0.15) is 18.4 Å². The molecule has 0 amide bonds. The average Bonchev–Trinajstić information content (AvgIpc) is 3.33. The van der Waals surface area contributed by atoms with Crippen LogP contribution in [0.5, 0.6) is 11.5 Å². The van der Waals surface area contributed by atoms with Crippen LogP contribution < -0.4 is 9.47 Å². The van der Waals surface area contributed by atoms with E-state index in [-0.39, 0.29) is 6.10 Å². The third-order valence-electron chi connectivity index (χ3n) is 4.77. The molecule has 0 spiro atoms. The summed E-state index contributed by atoms with van der Waals surface area (Å²) in [4.78, 5) is 12.4. The summed E-state index contributed by atoms with van der Waals surface area (Å²) in [6.07, 6.45) is 2.53. The van der Waals surface area contributed by atoms with E-state index in [4.69, 9.17) is 23.7 Å². The minimum Gasteiger partial charge on any atom is -0.492 e. The zero-order chi connectivity index (χ0) is 21.0. The summed E-state index contributed by atoms with van der Waals surface area (Å²) in [7, 11) is 1.76. The van der Waals surface area contributed by atoms with Crippen LogP contribution in [0.15, 0.2) is 12.3 Å². The molecule has 1 atom stereocenters. The molecule has 2 heterocycles. The van der Waals surface area contributed by atoms with Crippen molar-refractivity contribution in [3.63, 3.8) is 0 Å². The Morgan fingerprint density at radius 2 is 2.14 bits per heavy atom. The fourth-order valence-electron chi connectivity index (χ4n) is 3.14. The number of carbonyl (C=O) groups is 1. The summed E-state index contributed by atoms with van der Waals surface area (Å²) in [6.45, 7) is 9.08. The molecule has 0 radical (unpaired) electrons. The van der Waals surface area contributed by atoms with Gasteiger partial charge in [0.05, 0.1) is 38.4 Å². The summed E-state index contributed by atoms with van der Waals surface area (Å²) in [5.41, 5.74) is 0.829. The lowest BCUT2D eigenvalue weighted by Crippen LogP contribution is -2.22. The second-order valence-electron chi connectivity index (χ2n) is 8.33. The number of esters is 1. The van der Waals surface area contributed by atoms with Crippen molar-refractivity contribution >= 4 is 24.9 Å². The van der Waals surface area contributed by atoms with Crippen molar-refractivity contribution in [1.82, 2.24) is 9.78 Å². The summed E-state index contributed by atoms with van der Waals surface area (Å²) in [5, 5.41) is 5.22. The minimum atomic E-state index is -1.16. The Bertz CT molecular complexity index is 855. The van der Waals surface area contributed by atoms with Gasteiger partial charge in [-0.1, -0.05) is 19.6 Å². The van der Waals surface area contributed by atoms with E-state index in [9.17, 15) is 4.79 Å². The predicted molar refractivity (Wildman–Crippen MR) is 112 cm³/mol. The second kappa shape index (κ2) is 9.14. The molecule has 1 aliphatic heterocycles. The lowest BCUT2D eigenvalue weighted by atomic mass is 10.1. The predicted octanol–water partition coefficient (Wildman–Crippen LogP) is 3.31. The third-order valence-corrected chi connectivity index (χ3v) is 6.48. The first kappa shape index (κ1) is 21.6. The Kier molecular flexibility index (Phi) is 6.81. The topological polar surface area (TPSA) is 81.0 Å². The number of rotatable bonds is 9. The highest BCUT2D eigenvalue weighted by atomic mass is 28.3. The van der Waals surface area contributed by atoms with Crippen molar-refractivity contribution in [2.45, 2.75) is 44.9 Å². The molecule has 0 unspecified atom stereocenters. The molecule has 0 N–H and O–H groups in total. The maximum absolute atomic E-state index is 12.4. The molecule has 1 aromatic carbocycles. The SMILES string of the molecule is COC(=O)c1cc(O[C@H]2CCOC2)c(OC)c2cn(COCC[Si](C)(C)C)nc12. The van der Waals surface area contributed by atoms with Gasteiger partial charge in [-0.2, -0.15) is 5.10 Å². The number of carbonyl (C=O) groups excluding carboxylic acids is 1. The summed E-state index contributed by atoms with van der Waals surface area (Å²) in [5.74, 6) is 0.540. The highest BCUT2D eigenvalue weighted by molar-refractivity contribution is 6.76. The van der Waals surface area contributed by atoms with Crippen LogP contribution in [0.25, 0.3) is 10.9 Å². The first-order valence-electron chi connectivity index (χ1n) is 9.81. The molecule has 8 nitrogen and oxygen atoms in total. The van der Waals surface area contributed by atoms with Crippen molar-refractivity contribution in [3.05, 3.63) is 17.8 Å². The summed E-state index contributed by atoms with van der Waals surface area (Å²) in [6, 6.07) is 2.71. The van der Waals surface area contributed by atoms with Gasteiger partial charge in [0, 0.05) is 33.4 Å². The Morgan fingerprint density at radius 3 is 2.76 bits per heavy atom. The minimum absolute atomic E-state index is 0.0770. The first-order chi connectivity index (χ1) is 13.8. The first-order valence-corrected chi connectivity index (χ1v) is 13.5. The van der Waals surface area contributed by atoms with Crippen LogP contribution in [-0.4, -0.2) is 64.0 Å². The summed E-state index contributed by atoms with van der Waals surface area (Å²) < 4.78 is 29.5. The van der Waals surface area contributed by atoms with Crippen molar-refractivity contribution in [2.24, 2.45) is 0 Å². The van der Waals surface area contributed by atoms with Crippen LogP contribution in [0.4, 0.5) is 0 Å². The standard InChI is InChI=1S/C20H30N2O6Si/c1-24-19-16-11-22(13-27-8-9-29(3,4)5)21-18(16)15(20(23)25-2)10-17(19)28-14-6-7-26-12-14/h10-11,14H,6-9,12-13H2,1-5H3/t14-/m0/s1. The van der Waals surface area contributed by atoms with E-state index < -0.39 is 14.0 Å². The zero-order valence-electron chi connectivity index (χ0n) is 17.8. The Labute approximate surface area is 172 Å². The third kappa shape index (κ3) is 5.29. The van der Waals surface area contributed by atoms with Crippen molar-refractivity contribution in [2.75, 3.05) is 34.0 Å². The number of hydrogen-bond acceptors (Lipinski definition) is 7. The van der Waals surface area contributed by atoms with Crippen LogP contribution in [0.1, 0.15) is 16.8 Å². The molecule has 0 aliphatic carbocycles. The number of ether oxygens (including phenoxy) is 5. The van der Waals surface area contributed by atoms with Gasteiger partial charge in [0.25, 0.3) is 0 Å². The van der Waals surface area contributed by atoms with E-state index in [1.54, 1.807) is 17.9 Å². The number of fused-ring (bicyclic) bond motifs is 1. The monoisotopic (exact) mass is 422 g/mol. The lowest BCUT2D eigenvalue weighted by molar-refractivity contribution is 0.0601. The van der Waals surface area contributed by atoms with Gasteiger partial charge in [0.15, 0.2) is 11.5 Å². The molecular weight excluding hydrogens is 392 g/mol. The van der Waals surface area contributed by atoms with Crippen LogP contribution in [0, 0.1) is 0 Å². The number of aromatic nitrogens is 2. The number of hydrogen-bond donors (Lipinski definition) is 0. The Balaban J connectivity index is 1.91. The molecule has 9 heteroatoms. The summed E-state index contributed by atoms with van der Waals surface area (Å²) >= 11 is 0. The van der Waals surface area contributed by atoms with Crippen LogP contribution in [0.3, 0.4) is 0 Å². The van der Waals surface area contributed by atoms with Crippen LogP contribution in [0.2, 0.25) is 25.7 Å². The molecule has 1 saturated heterocycles. The maximum atomic E-state index is 12.4. The molecule has 3 rings (SSSR count). The van der Waals surface area contributed by atoms with Crippen molar-refractivity contribution in [3.8, 4) is 11.5 Å². The number of nitrogens with zero attached hydrogens (tertiary/aromatic N) is 2. The molecule has 1 fully saturated rings. The largest absolute Gasteiger partial charge is 0.492 e. The van der Waals surface area contributed by atoms with Crippen molar-refractivity contribution in [1.29, 1.82) is 0 Å². The van der Waals surface area contributed by atoms with Gasteiger partial charge < -0.3 is 23.7 Å². The number of methoxy groups -OCH3 is 2. The normalized spacial score (nSPS) is 16.9. The maximum Gasteiger partial charge on any atom is 0.340 e. The quantitative estimate of drug-likeness (QED) is 0.348. The zero-order valence-corrected chi connectivity index (χ0v) is 18.8. The molecule has 160 valence electrons. The van der Waals surface area contributed by atoms with Gasteiger partial charge >= 0.3 is 5.97 Å². The molecular formula is C20H30N2O6Si. The molecule has 2 aromatic rings. The van der Waals surface area contributed by atoms with Gasteiger partial charge in [-0.3, -0.25) is 0 Å². The highest BCUT2D eigenvalue weighted by Gasteiger charge is 2.25. The van der Waals surface area contributed by atoms with Crippen molar-refractivity contribution < 1.29 is 28.5 Å². The second-order valence-corrected chi connectivity index (χ2v) is 14.0. The van der Waals surface area contributed by atoms with Gasteiger partial charge in [-0.05, 0) is 6.04 Å². The molecule has 29 heavy (non-hydrogen) atoms. The molecule has 0 bridgehead atoms. The fourth-order valence-corrected chi connectivity index (χ4v) is 3.89. The van der Waals surface area contributed by atoms with Gasteiger partial charge in [0.2, 0.25) is 0 Å². The fraction of sp³-hybridized carbons (Fsp3) is 0.600. The smallest absolute Gasteiger partial charge is 0.340 e. The van der Waals surface area contributed by atoms with Gasteiger partial charge in [-0.15, -0.1) is 0 Å². The Hall–Kier alpha value is -2.10. The Morgan fingerprint density at radius 1 is 1.34 bits per heavy atom. The van der Waals surface area contributed by atoms with E-state index in [0.717, 1.165) is 12.5 Å². The average molecular weight is 423 g/mol. The van der Waals surface area contributed by atoms with E-state index in [2.05, 4.69) is 24.7 Å². The van der Waals surface area contributed by atoms with E-state index in [1.165, 1.54) is 7.11 Å².